The maximum Gasteiger partial charge on any atom is 0.306 e. The molecule has 0 aliphatic heterocycles. The van der Waals surface area contributed by atoms with E-state index < -0.39 is 6.10 Å². The van der Waals surface area contributed by atoms with Crippen LogP contribution in [0.4, 0.5) is 0 Å². The number of rotatable bonds is 50. The van der Waals surface area contributed by atoms with Crippen molar-refractivity contribution in [1.29, 1.82) is 0 Å². The van der Waals surface area contributed by atoms with Crippen LogP contribution in [-0.2, 0) is 28.6 Å². The molecular weight excluding hydrogens is 877 g/mol. The molecule has 0 heterocycles. The molecule has 0 radical (unpaired) electrons. The summed E-state index contributed by atoms with van der Waals surface area (Å²) in [6, 6.07) is 0. The molecule has 0 fully saturated rings. The first-order chi connectivity index (χ1) is 35.0. The van der Waals surface area contributed by atoms with Crippen molar-refractivity contribution in [3.8, 4) is 0 Å². The number of allylic oxidation sites excluding steroid dienone is 22. The zero-order valence-electron chi connectivity index (χ0n) is 45.7. The highest BCUT2D eigenvalue weighted by Gasteiger charge is 2.19. The molecule has 0 aliphatic carbocycles. The van der Waals surface area contributed by atoms with Crippen LogP contribution in [-0.4, -0.2) is 37.2 Å². The Morgan fingerprint density at radius 2 is 0.577 bits per heavy atom. The average Bonchev–Trinajstić information content (AvgIpc) is 3.37. The van der Waals surface area contributed by atoms with E-state index in [1.807, 2.05) is 6.08 Å². The van der Waals surface area contributed by atoms with Gasteiger partial charge < -0.3 is 14.2 Å². The van der Waals surface area contributed by atoms with E-state index in [9.17, 15) is 14.4 Å². The van der Waals surface area contributed by atoms with Crippen LogP contribution in [0.25, 0.3) is 0 Å². The van der Waals surface area contributed by atoms with Crippen LogP contribution in [0.1, 0.15) is 239 Å². The number of ether oxygens (including phenoxy) is 3. The maximum absolute atomic E-state index is 12.9. The number of hydrogen-bond acceptors (Lipinski definition) is 6. The molecule has 71 heavy (non-hydrogen) atoms. The molecule has 6 heteroatoms. The lowest BCUT2D eigenvalue weighted by atomic mass is 10.1. The smallest absolute Gasteiger partial charge is 0.306 e. The van der Waals surface area contributed by atoms with Gasteiger partial charge in [0.1, 0.15) is 13.2 Å². The first-order valence-electron chi connectivity index (χ1n) is 28.7. The van der Waals surface area contributed by atoms with E-state index in [1.165, 1.54) is 64.2 Å². The molecule has 0 aromatic rings. The predicted molar refractivity (Wildman–Crippen MR) is 306 cm³/mol. The molecule has 0 bridgehead atoms. The summed E-state index contributed by atoms with van der Waals surface area (Å²) < 4.78 is 16.8. The van der Waals surface area contributed by atoms with Crippen molar-refractivity contribution in [2.45, 2.75) is 245 Å². The van der Waals surface area contributed by atoms with E-state index >= 15 is 0 Å². The first-order valence-corrected chi connectivity index (χ1v) is 28.7. The molecule has 0 saturated heterocycles. The molecule has 0 saturated carbocycles. The largest absolute Gasteiger partial charge is 0.462 e. The Bertz CT molecular complexity index is 1550. The van der Waals surface area contributed by atoms with E-state index in [-0.39, 0.29) is 44.0 Å². The van der Waals surface area contributed by atoms with Gasteiger partial charge in [0.05, 0.1) is 0 Å². The Balaban J connectivity index is 4.56. The molecule has 0 rings (SSSR count). The van der Waals surface area contributed by atoms with Gasteiger partial charge in [-0.05, 0) is 122 Å². The Morgan fingerprint density at radius 3 is 0.958 bits per heavy atom. The summed E-state index contributed by atoms with van der Waals surface area (Å²) in [5.74, 6) is -1.03. The number of carbonyl (C=O) groups excluding carboxylic acids is 3. The third-order valence-corrected chi connectivity index (χ3v) is 11.6. The van der Waals surface area contributed by atoms with Crippen molar-refractivity contribution in [2.24, 2.45) is 0 Å². The second-order valence-electron chi connectivity index (χ2n) is 18.4. The molecular formula is C65H104O6. The van der Waals surface area contributed by atoms with Gasteiger partial charge in [0.2, 0.25) is 0 Å². The highest BCUT2D eigenvalue weighted by atomic mass is 16.6. The minimum atomic E-state index is -0.825. The van der Waals surface area contributed by atoms with Gasteiger partial charge in [0.25, 0.3) is 0 Å². The Morgan fingerprint density at radius 1 is 0.296 bits per heavy atom. The Hall–Kier alpha value is -4.45. The van der Waals surface area contributed by atoms with E-state index in [0.717, 1.165) is 128 Å². The number of unbranched alkanes of at least 4 members (excludes halogenated alkanes) is 17. The first kappa shape index (κ1) is 66.6. The van der Waals surface area contributed by atoms with Gasteiger partial charge in [-0.1, -0.05) is 231 Å². The van der Waals surface area contributed by atoms with Crippen molar-refractivity contribution in [2.75, 3.05) is 13.2 Å². The van der Waals surface area contributed by atoms with Gasteiger partial charge in [-0.3, -0.25) is 14.4 Å². The standard InChI is InChI=1S/C65H104O6/c1-4-7-10-13-16-19-22-25-28-30-32-34-37-40-43-46-49-52-55-58-64(67)70-61-62(60-69-63(66)57-54-51-48-45-42-39-36-27-24-21-18-15-12-9-6-3)71-65(68)59-56-53-50-47-44-41-38-35-33-31-29-26-23-20-17-14-11-8-5-2/h7-8,10-11,16-17,19-20,25-29,32-36,40,43,49,52,62H,4-6,9,12-15,18,21-24,30-31,37-39,41-42,44-48,50-51,53-61H2,1-3H3/b10-7-,11-8-,19-16-,20-17-,28-25-,29-26-,34-32-,35-33-,36-27-,43-40-,52-49-. The van der Waals surface area contributed by atoms with Crippen LogP contribution in [0.5, 0.6) is 0 Å². The summed E-state index contributed by atoms with van der Waals surface area (Å²) in [5, 5.41) is 0. The SMILES string of the molecule is CC/C=C\C/C=C\C/C=C\C/C=C\C/C=C\C/C=C\CCC(=O)OCC(COC(=O)CCCCCCC/C=C\CCCCCCCC)OC(=O)CCCCCCCC/C=C\C/C=C\C/C=C\C/C=C\CC. The zero-order chi connectivity index (χ0) is 51.4. The van der Waals surface area contributed by atoms with Crippen LogP contribution in [0.3, 0.4) is 0 Å². The van der Waals surface area contributed by atoms with Crippen molar-refractivity contribution in [1.82, 2.24) is 0 Å². The second kappa shape index (κ2) is 58.1. The van der Waals surface area contributed by atoms with Crippen molar-refractivity contribution in [3.05, 3.63) is 134 Å². The van der Waals surface area contributed by atoms with Gasteiger partial charge in [-0.25, -0.2) is 0 Å². The summed E-state index contributed by atoms with van der Waals surface area (Å²) in [7, 11) is 0. The average molecular weight is 982 g/mol. The van der Waals surface area contributed by atoms with Crippen molar-refractivity contribution in [3.63, 3.8) is 0 Å². The van der Waals surface area contributed by atoms with Crippen LogP contribution < -0.4 is 0 Å². The van der Waals surface area contributed by atoms with Crippen LogP contribution >= 0.6 is 0 Å². The quantitative estimate of drug-likeness (QED) is 0.0262. The maximum atomic E-state index is 12.9. The molecule has 1 unspecified atom stereocenters. The molecule has 0 N–H and O–H groups in total. The zero-order valence-corrected chi connectivity index (χ0v) is 45.7. The van der Waals surface area contributed by atoms with Gasteiger partial charge >= 0.3 is 17.9 Å². The third-order valence-electron chi connectivity index (χ3n) is 11.6. The van der Waals surface area contributed by atoms with Crippen LogP contribution in [0.15, 0.2) is 134 Å². The summed E-state index contributed by atoms with van der Waals surface area (Å²) in [5.41, 5.74) is 0. The number of esters is 3. The van der Waals surface area contributed by atoms with Gasteiger partial charge in [0, 0.05) is 19.3 Å². The molecule has 0 aromatic carbocycles. The molecule has 0 spiro atoms. The van der Waals surface area contributed by atoms with Crippen molar-refractivity contribution >= 4 is 17.9 Å². The molecule has 0 amide bonds. The second-order valence-corrected chi connectivity index (χ2v) is 18.4. The summed E-state index contributed by atoms with van der Waals surface area (Å²) >= 11 is 0. The van der Waals surface area contributed by atoms with E-state index in [2.05, 4.69) is 148 Å². The predicted octanol–water partition coefficient (Wildman–Crippen LogP) is 19.4. The van der Waals surface area contributed by atoms with E-state index in [4.69, 9.17) is 14.2 Å². The lowest BCUT2D eigenvalue weighted by Crippen LogP contribution is -2.30. The molecule has 1 atom stereocenters. The minimum absolute atomic E-state index is 0.116. The lowest BCUT2D eigenvalue weighted by molar-refractivity contribution is -0.166. The molecule has 0 aromatic heterocycles. The minimum Gasteiger partial charge on any atom is -0.462 e. The fraction of sp³-hybridized carbons (Fsp3) is 0.615. The fourth-order valence-corrected chi connectivity index (χ4v) is 7.39. The highest BCUT2D eigenvalue weighted by molar-refractivity contribution is 5.71. The normalized spacial score (nSPS) is 13.1. The van der Waals surface area contributed by atoms with E-state index in [1.54, 1.807) is 0 Å². The Labute approximate surface area is 436 Å². The van der Waals surface area contributed by atoms with Gasteiger partial charge in [0.15, 0.2) is 6.10 Å². The number of hydrogen-bond donors (Lipinski definition) is 0. The van der Waals surface area contributed by atoms with E-state index in [0.29, 0.717) is 12.8 Å². The van der Waals surface area contributed by atoms with Crippen LogP contribution in [0, 0.1) is 0 Å². The van der Waals surface area contributed by atoms with Crippen LogP contribution in [0.2, 0.25) is 0 Å². The third kappa shape index (κ3) is 56.3. The summed E-state index contributed by atoms with van der Waals surface area (Å²) in [6.07, 6.45) is 81.6. The number of carbonyl (C=O) groups is 3. The summed E-state index contributed by atoms with van der Waals surface area (Å²) in [6.45, 7) is 6.32. The van der Waals surface area contributed by atoms with Gasteiger partial charge in [-0.15, -0.1) is 0 Å². The molecule has 0 aliphatic rings. The van der Waals surface area contributed by atoms with Gasteiger partial charge in [-0.2, -0.15) is 0 Å². The molecule has 6 nitrogen and oxygen atoms in total. The molecule has 400 valence electrons. The monoisotopic (exact) mass is 981 g/mol. The topological polar surface area (TPSA) is 78.9 Å². The fourth-order valence-electron chi connectivity index (χ4n) is 7.39. The lowest BCUT2D eigenvalue weighted by Gasteiger charge is -2.18. The Kier molecular flexibility index (Phi) is 54.5. The van der Waals surface area contributed by atoms with Crippen molar-refractivity contribution < 1.29 is 28.6 Å². The highest BCUT2D eigenvalue weighted by Crippen LogP contribution is 2.13. The summed E-state index contributed by atoms with van der Waals surface area (Å²) in [4.78, 5) is 38.1.